The molecule has 1 aliphatic rings. The molecule has 0 saturated carbocycles. The molecule has 1 heterocycles. The Morgan fingerprint density at radius 1 is 1.80 bits per heavy atom. The SMILES string of the molecule is CC1CC(=O)N(C(=O)O)C1. The predicted octanol–water partition coefficient (Wildman–Crippen LogP) is 0.533. The van der Waals surface area contributed by atoms with E-state index in [0.717, 1.165) is 4.90 Å². The zero-order chi connectivity index (χ0) is 7.72. The van der Waals surface area contributed by atoms with Crippen LogP contribution in [0.15, 0.2) is 0 Å². The second-order valence-corrected chi connectivity index (χ2v) is 2.60. The van der Waals surface area contributed by atoms with Crippen molar-refractivity contribution in [3.63, 3.8) is 0 Å². The first-order chi connectivity index (χ1) is 4.61. The van der Waals surface area contributed by atoms with Gasteiger partial charge in [-0.05, 0) is 5.92 Å². The predicted molar refractivity (Wildman–Crippen MR) is 33.5 cm³/mol. The Hall–Kier alpha value is -1.06. The summed E-state index contributed by atoms with van der Waals surface area (Å²) in [7, 11) is 0. The lowest BCUT2D eigenvalue weighted by Crippen LogP contribution is -2.30. The average molecular weight is 143 g/mol. The molecule has 1 atom stereocenters. The molecule has 1 unspecified atom stereocenters. The van der Waals surface area contributed by atoms with Crippen LogP contribution in [0, 0.1) is 5.92 Å². The molecule has 10 heavy (non-hydrogen) atoms. The zero-order valence-electron chi connectivity index (χ0n) is 5.70. The van der Waals surface area contributed by atoms with E-state index in [1.807, 2.05) is 6.92 Å². The van der Waals surface area contributed by atoms with Crippen LogP contribution in [-0.4, -0.2) is 28.6 Å². The van der Waals surface area contributed by atoms with Crippen molar-refractivity contribution < 1.29 is 14.7 Å². The largest absolute Gasteiger partial charge is 0.465 e. The summed E-state index contributed by atoms with van der Waals surface area (Å²) in [5.41, 5.74) is 0. The van der Waals surface area contributed by atoms with E-state index in [1.54, 1.807) is 0 Å². The molecule has 1 fully saturated rings. The lowest BCUT2D eigenvalue weighted by Gasteiger charge is -2.06. The van der Waals surface area contributed by atoms with Gasteiger partial charge in [0.15, 0.2) is 0 Å². The smallest absolute Gasteiger partial charge is 0.414 e. The van der Waals surface area contributed by atoms with E-state index in [-0.39, 0.29) is 11.8 Å². The number of imide groups is 1. The number of amides is 2. The molecule has 1 saturated heterocycles. The number of carbonyl (C=O) groups excluding carboxylic acids is 1. The molecule has 4 nitrogen and oxygen atoms in total. The molecule has 0 aliphatic carbocycles. The highest BCUT2D eigenvalue weighted by molar-refractivity contribution is 5.92. The summed E-state index contributed by atoms with van der Waals surface area (Å²) in [4.78, 5) is 21.9. The lowest BCUT2D eigenvalue weighted by molar-refractivity contribution is -0.125. The maximum atomic E-state index is 10.8. The van der Waals surface area contributed by atoms with Gasteiger partial charge in [0.05, 0.1) is 0 Å². The first-order valence-electron chi connectivity index (χ1n) is 3.14. The Balaban J connectivity index is 2.63. The minimum absolute atomic E-state index is 0.184. The highest BCUT2D eigenvalue weighted by Crippen LogP contribution is 2.16. The monoisotopic (exact) mass is 143 g/mol. The number of nitrogens with zero attached hydrogens (tertiary/aromatic N) is 1. The highest BCUT2D eigenvalue weighted by Gasteiger charge is 2.30. The van der Waals surface area contributed by atoms with Crippen molar-refractivity contribution in [2.24, 2.45) is 5.92 Å². The molecule has 0 aromatic carbocycles. The Bertz CT molecular complexity index is 178. The third-order valence-corrected chi connectivity index (χ3v) is 1.55. The fourth-order valence-corrected chi connectivity index (χ4v) is 1.07. The van der Waals surface area contributed by atoms with Crippen molar-refractivity contribution in [3.05, 3.63) is 0 Å². The van der Waals surface area contributed by atoms with Crippen LogP contribution >= 0.6 is 0 Å². The van der Waals surface area contributed by atoms with Gasteiger partial charge in [-0.2, -0.15) is 0 Å². The maximum absolute atomic E-state index is 10.8. The minimum Gasteiger partial charge on any atom is -0.465 e. The molecule has 0 spiro atoms. The number of likely N-dealkylation sites (tertiary alicyclic amines) is 1. The molecular weight excluding hydrogens is 134 g/mol. The molecule has 0 radical (unpaired) electrons. The number of hydrogen-bond acceptors (Lipinski definition) is 2. The second kappa shape index (κ2) is 2.28. The van der Waals surface area contributed by atoms with Crippen molar-refractivity contribution >= 4 is 12.0 Å². The van der Waals surface area contributed by atoms with Crippen molar-refractivity contribution in [2.75, 3.05) is 6.54 Å². The summed E-state index contributed by atoms with van der Waals surface area (Å²) < 4.78 is 0. The summed E-state index contributed by atoms with van der Waals surface area (Å²) in [6.45, 7) is 2.22. The number of rotatable bonds is 0. The molecule has 1 rings (SSSR count). The molecule has 0 aromatic rings. The van der Waals surface area contributed by atoms with E-state index in [9.17, 15) is 9.59 Å². The molecule has 56 valence electrons. The van der Waals surface area contributed by atoms with Gasteiger partial charge in [0.25, 0.3) is 0 Å². The fourth-order valence-electron chi connectivity index (χ4n) is 1.07. The molecular formula is C6H9NO3. The van der Waals surface area contributed by atoms with E-state index < -0.39 is 6.09 Å². The number of carbonyl (C=O) groups is 2. The first kappa shape index (κ1) is 7.05. The summed E-state index contributed by atoms with van der Waals surface area (Å²) >= 11 is 0. The molecule has 2 amide bonds. The van der Waals surface area contributed by atoms with Gasteiger partial charge in [-0.25, -0.2) is 9.69 Å². The van der Waals surface area contributed by atoms with Gasteiger partial charge in [0, 0.05) is 13.0 Å². The Morgan fingerprint density at radius 2 is 2.40 bits per heavy atom. The van der Waals surface area contributed by atoms with Gasteiger partial charge >= 0.3 is 6.09 Å². The average Bonchev–Trinajstić information content (AvgIpc) is 2.10. The molecule has 4 heteroatoms. The minimum atomic E-state index is -1.13. The number of hydrogen-bond donors (Lipinski definition) is 1. The third kappa shape index (κ3) is 1.10. The number of carboxylic acid groups (broad SMARTS) is 1. The van der Waals surface area contributed by atoms with Gasteiger partial charge in [0.2, 0.25) is 5.91 Å². The van der Waals surface area contributed by atoms with Crippen LogP contribution in [-0.2, 0) is 4.79 Å². The Kier molecular flexibility index (Phi) is 1.61. The fraction of sp³-hybridized carbons (Fsp3) is 0.667. The van der Waals surface area contributed by atoms with Gasteiger partial charge in [-0.3, -0.25) is 4.79 Å². The highest BCUT2D eigenvalue weighted by atomic mass is 16.4. The summed E-state index contributed by atoms with van der Waals surface area (Å²) in [6.07, 6.45) is -0.763. The van der Waals surface area contributed by atoms with Crippen LogP contribution in [0.2, 0.25) is 0 Å². The topological polar surface area (TPSA) is 57.6 Å². The third-order valence-electron chi connectivity index (χ3n) is 1.55. The van der Waals surface area contributed by atoms with Crippen LogP contribution in [0.4, 0.5) is 4.79 Å². The lowest BCUT2D eigenvalue weighted by atomic mass is 10.2. The van der Waals surface area contributed by atoms with E-state index in [0.29, 0.717) is 13.0 Å². The van der Waals surface area contributed by atoms with Gasteiger partial charge in [-0.15, -0.1) is 0 Å². The normalized spacial score (nSPS) is 25.5. The quantitative estimate of drug-likeness (QED) is 0.538. The standard InChI is InChI=1S/C6H9NO3/c1-4-2-5(8)7(3-4)6(9)10/h4H,2-3H2,1H3,(H,9,10). The van der Waals surface area contributed by atoms with Crippen LogP contribution in [0.25, 0.3) is 0 Å². The first-order valence-corrected chi connectivity index (χ1v) is 3.14. The van der Waals surface area contributed by atoms with E-state index in [1.165, 1.54) is 0 Å². The summed E-state index contributed by atoms with van der Waals surface area (Å²) in [5.74, 6) is -0.0939. The maximum Gasteiger partial charge on any atom is 0.414 e. The van der Waals surface area contributed by atoms with Crippen LogP contribution < -0.4 is 0 Å². The van der Waals surface area contributed by atoms with Gasteiger partial charge in [0.1, 0.15) is 0 Å². The van der Waals surface area contributed by atoms with Crippen LogP contribution in [0.3, 0.4) is 0 Å². The molecule has 0 bridgehead atoms. The van der Waals surface area contributed by atoms with Crippen molar-refractivity contribution in [2.45, 2.75) is 13.3 Å². The van der Waals surface area contributed by atoms with E-state index in [2.05, 4.69) is 0 Å². The van der Waals surface area contributed by atoms with E-state index in [4.69, 9.17) is 5.11 Å². The Morgan fingerprint density at radius 3 is 2.60 bits per heavy atom. The second-order valence-electron chi connectivity index (χ2n) is 2.60. The van der Waals surface area contributed by atoms with Crippen molar-refractivity contribution in [3.8, 4) is 0 Å². The molecule has 0 aromatic heterocycles. The van der Waals surface area contributed by atoms with Gasteiger partial charge < -0.3 is 5.11 Å². The van der Waals surface area contributed by atoms with Crippen molar-refractivity contribution in [1.29, 1.82) is 0 Å². The van der Waals surface area contributed by atoms with Crippen LogP contribution in [0.5, 0.6) is 0 Å². The van der Waals surface area contributed by atoms with E-state index >= 15 is 0 Å². The zero-order valence-corrected chi connectivity index (χ0v) is 5.70. The molecule has 1 aliphatic heterocycles. The van der Waals surface area contributed by atoms with Crippen molar-refractivity contribution in [1.82, 2.24) is 4.90 Å². The summed E-state index contributed by atoms with van der Waals surface area (Å²) in [6, 6.07) is 0. The molecule has 1 N–H and O–H groups in total. The Labute approximate surface area is 58.4 Å². The van der Waals surface area contributed by atoms with Crippen LogP contribution in [0.1, 0.15) is 13.3 Å². The van der Waals surface area contributed by atoms with Gasteiger partial charge in [-0.1, -0.05) is 6.92 Å². The summed E-state index contributed by atoms with van der Waals surface area (Å²) in [5, 5.41) is 8.41.